The topological polar surface area (TPSA) is 74.7 Å². The normalized spacial score (nSPS) is 23.4. The van der Waals surface area contributed by atoms with E-state index >= 15 is 0 Å². The third-order valence-corrected chi connectivity index (χ3v) is 6.78. The molecule has 1 N–H and O–H groups in total. The first-order chi connectivity index (χ1) is 11.4. The maximum absolute atomic E-state index is 12.8. The van der Waals surface area contributed by atoms with Gasteiger partial charge in [-0.1, -0.05) is 6.42 Å². The molecule has 2 saturated heterocycles. The molecule has 0 spiro atoms. The molecule has 134 valence electrons. The van der Waals surface area contributed by atoms with Gasteiger partial charge in [-0.15, -0.1) is 0 Å². The van der Waals surface area contributed by atoms with Crippen molar-refractivity contribution in [2.75, 3.05) is 32.7 Å². The molecule has 2 aliphatic heterocycles. The molecule has 2 fully saturated rings. The molecule has 0 aromatic carbocycles. The van der Waals surface area contributed by atoms with Crippen LogP contribution in [0, 0.1) is 0 Å². The number of hydrogen-bond donors (Lipinski definition) is 1. The summed E-state index contributed by atoms with van der Waals surface area (Å²) in [4.78, 5) is 14.8. The average molecular weight is 354 g/mol. The van der Waals surface area contributed by atoms with E-state index in [-0.39, 0.29) is 16.8 Å². The van der Waals surface area contributed by atoms with Gasteiger partial charge in [-0.05, 0) is 25.8 Å². The molecule has 3 heterocycles. The number of carbonyl (C=O) groups excluding carboxylic acids is 1. The summed E-state index contributed by atoms with van der Waals surface area (Å²) >= 11 is 0. The lowest BCUT2D eigenvalue weighted by Crippen LogP contribution is -2.52. The van der Waals surface area contributed by atoms with Gasteiger partial charge in [-0.3, -0.25) is 4.79 Å². The quantitative estimate of drug-likeness (QED) is 0.864. The van der Waals surface area contributed by atoms with Crippen molar-refractivity contribution in [1.29, 1.82) is 0 Å². The Hall–Kier alpha value is -1.38. The Morgan fingerprint density at radius 3 is 2.58 bits per heavy atom. The van der Waals surface area contributed by atoms with Crippen LogP contribution in [0.1, 0.15) is 36.7 Å². The van der Waals surface area contributed by atoms with E-state index in [1.54, 1.807) is 17.8 Å². The van der Waals surface area contributed by atoms with Gasteiger partial charge in [0, 0.05) is 52.0 Å². The monoisotopic (exact) mass is 354 g/mol. The van der Waals surface area contributed by atoms with Gasteiger partial charge in [-0.2, -0.15) is 4.31 Å². The van der Waals surface area contributed by atoms with Crippen molar-refractivity contribution in [2.24, 2.45) is 7.05 Å². The van der Waals surface area contributed by atoms with E-state index in [0.29, 0.717) is 25.3 Å². The van der Waals surface area contributed by atoms with Crippen molar-refractivity contribution in [1.82, 2.24) is 19.1 Å². The first-order valence-electron chi connectivity index (χ1n) is 8.59. The minimum absolute atomic E-state index is 0.100. The Bertz CT molecular complexity index is 707. The number of hydrogen-bond acceptors (Lipinski definition) is 4. The number of aryl methyl sites for hydroxylation is 1. The highest BCUT2D eigenvalue weighted by molar-refractivity contribution is 7.89. The van der Waals surface area contributed by atoms with Gasteiger partial charge in [0.15, 0.2) is 0 Å². The van der Waals surface area contributed by atoms with Crippen LogP contribution in [0.25, 0.3) is 0 Å². The first-order valence-corrected chi connectivity index (χ1v) is 10.0. The first kappa shape index (κ1) is 17.4. The summed E-state index contributed by atoms with van der Waals surface area (Å²) in [5.74, 6) is -0.105. The average Bonchev–Trinajstić information content (AvgIpc) is 2.98. The molecular weight excluding hydrogens is 328 g/mol. The molecule has 7 nitrogen and oxygen atoms in total. The standard InChI is InChI=1S/C16H26N4O3S/c1-13-11-17-6-9-20(13)16(21)15-10-14(12-18(15)2)24(22,23)19-7-4-3-5-8-19/h10,12-13,17H,3-9,11H2,1-2H3/t13-/m0/s1. The minimum atomic E-state index is -3.51. The number of nitrogens with zero attached hydrogens (tertiary/aromatic N) is 3. The maximum Gasteiger partial charge on any atom is 0.270 e. The second kappa shape index (κ2) is 6.85. The summed E-state index contributed by atoms with van der Waals surface area (Å²) in [6.07, 6.45) is 4.43. The number of piperidine rings is 1. The Kier molecular flexibility index (Phi) is 4.98. The van der Waals surface area contributed by atoms with Gasteiger partial charge in [0.25, 0.3) is 5.91 Å². The lowest BCUT2D eigenvalue weighted by Gasteiger charge is -2.34. The molecule has 0 bridgehead atoms. The maximum atomic E-state index is 12.8. The molecule has 0 unspecified atom stereocenters. The Morgan fingerprint density at radius 1 is 1.21 bits per heavy atom. The molecule has 1 aromatic rings. The summed E-state index contributed by atoms with van der Waals surface area (Å²) in [6.45, 7) is 5.29. The van der Waals surface area contributed by atoms with E-state index in [0.717, 1.165) is 32.4 Å². The van der Waals surface area contributed by atoms with Gasteiger partial charge in [0.05, 0.1) is 0 Å². The summed E-state index contributed by atoms with van der Waals surface area (Å²) in [7, 11) is -1.78. The lowest BCUT2D eigenvalue weighted by molar-refractivity contribution is 0.0646. The summed E-state index contributed by atoms with van der Waals surface area (Å²) in [6, 6.07) is 1.63. The number of carbonyl (C=O) groups is 1. The van der Waals surface area contributed by atoms with Crippen LogP contribution in [0.5, 0.6) is 0 Å². The zero-order valence-corrected chi connectivity index (χ0v) is 15.2. The van der Waals surface area contributed by atoms with Crippen molar-refractivity contribution < 1.29 is 13.2 Å². The SMILES string of the molecule is C[C@H]1CNCCN1C(=O)c1cc(S(=O)(=O)N2CCCCC2)cn1C. The summed E-state index contributed by atoms with van der Waals surface area (Å²) < 4.78 is 28.8. The van der Waals surface area contributed by atoms with E-state index in [1.807, 2.05) is 11.8 Å². The predicted molar refractivity (Wildman–Crippen MR) is 91.4 cm³/mol. The molecule has 0 saturated carbocycles. The molecule has 0 aliphatic carbocycles. The van der Waals surface area contributed by atoms with Crippen molar-refractivity contribution in [2.45, 2.75) is 37.1 Å². The summed E-state index contributed by atoms with van der Waals surface area (Å²) in [5.41, 5.74) is 0.430. The molecule has 0 radical (unpaired) electrons. The van der Waals surface area contributed by atoms with Crippen LogP contribution >= 0.6 is 0 Å². The highest BCUT2D eigenvalue weighted by atomic mass is 32.2. The zero-order chi connectivity index (χ0) is 17.3. The smallest absolute Gasteiger partial charge is 0.270 e. The molecule has 2 aliphatic rings. The minimum Gasteiger partial charge on any atom is -0.345 e. The molecular formula is C16H26N4O3S. The van der Waals surface area contributed by atoms with Crippen LogP contribution in [-0.2, 0) is 17.1 Å². The Labute approximate surface area is 143 Å². The van der Waals surface area contributed by atoms with Crippen LogP contribution in [-0.4, -0.2) is 66.9 Å². The van der Waals surface area contributed by atoms with Crippen LogP contribution in [0.15, 0.2) is 17.2 Å². The molecule has 3 rings (SSSR count). The molecule has 1 amide bonds. The fourth-order valence-corrected chi connectivity index (χ4v) is 5.02. The number of piperazine rings is 1. The van der Waals surface area contributed by atoms with Gasteiger partial charge in [0.2, 0.25) is 10.0 Å². The number of nitrogens with one attached hydrogen (secondary N) is 1. The predicted octanol–water partition coefficient (Wildman–Crippen LogP) is 0.634. The Balaban J connectivity index is 1.85. The van der Waals surface area contributed by atoms with Crippen LogP contribution < -0.4 is 5.32 Å². The van der Waals surface area contributed by atoms with Crippen molar-refractivity contribution in [3.05, 3.63) is 18.0 Å². The molecule has 1 aromatic heterocycles. The fourth-order valence-electron chi connectivity index (χ4n) is 3.43. The van der Waals surface area contributed by atoms with Crippen LogP contribution in [0.2, 0.25) is 0 Å². The van der Waals surface area contributed by atoms with Crippen molar-refractivity contribution in [3.8, 4) is 0 Å². The largest absolute Gasteiger partial charge is 0.345 e. The van der Waals surface area contributed by atoms with Crippen molar-refractivity contribution in [3.63, 3.8) is 0 Å². The summed E-state index contributed by atoms with van der Waals surface area (Å²) in [5, 5.41) is 3.25. The molecule has 1 atom stereocenters. The van der Waals surface area contributed by atoms with Gasteiger partial charge in [-0.25, -0.2) is 8.42 Å². The number of rotatable bonds is 3. The third kappa shape index (κ3) is 3.22. The highest BCUT2D eigenvalue weighted by Gasteiger charge is 2.31. The van der Waals surface area contributed by atoms with Crippen LogP contribution in [0.4, 0.5) is 0 Å². The third-order valence-electron chi connectivity index (χ3n) is 4.91. The van der Waals surface area contributed by atoms with Crippen molar-refractivity contribution >= 4 is 15.9 Å². The highest BCUT2D eigenvalue weighted by Crippen LogP contribution is 2.23. The number of sulfonamides is 1. The zero-order valence-electron chi connectivity index (χ0n) is 14.4. The Morgan fingerprint density at radius 2 is 1.92 bits per heavy atom. The lowest BCUT2D eigenvalue weighted by atomic mass is 10.2. The van der Waals surface area contributed by atoms with E-state index in [4.69, 9.17) is 0 Å². The second-order valence-electron chi connectivity index (χ2n) is 6.69. The van der Waals surface area contributed by atoms with Gasteiger partial charge >= 0.3 is 0 Å². The van der Waals surface area contributed by atoms with E-state index in [2.05, 4.69) is 5.32 Å². The number of aromatic nitrogens is 1. The van der Waals surface area contributed by atoms with Gasteiger partial charge in [0.1, 0.15) is 10.6 Å². The van der Waals surface area contributed by atoms with E-state index in [9.17, 15) is 13.2 Å². The fraction of sp³-hybridized carbons (Fsp3) is 0.688. The number of amides is 1. The second-order valence-corrected chi connectivity index (χ2v) is 8.63. The van der Waals surface area contributed by atoms with Gasteiger partial charge < -0.3 is 14.8 Å². The molecule has 8 heteroatoms. The van der Waals surface area contributed by atoms with E-state index in [1.165, 1.54) is 10.4 Å². The van der Waals surface area contributed by atoms with E-state index < -0.39 is 10.0 Å². The van der Waals surface area contributed by atoms with Crippen LogP contribution in [0.3, 0.4) is 0 Å². The molecule has 24 heavy (non-hydrogen) atoms.